The monoisotopic (exact) mass is 143 g/mol. The van der Waals surface area contributed by atoms with Gasteiger partial charge in [-0.2, -0.15) is 0 Å². The molecule has 1 aromatic carbocycles. The van der Waals surface area contributed by atoms with E-state index in [0.717, 1.165) is 5.69 Å². The fourth-order valence-electron chi connectivity index (χ4n) is 1.46. The first-order chi connectivity index (χ1) is 5.45. The number of hydrogen-bond donors (Lipinski definition) is 0. The maximum atomic E-state index is 4.29. The van der Waals surface area contributed by atoms with Crippen LogP contribution in [-0.2, 0) is 0 Å². The van der Waals surface area contributed by atoms with Crippen molar-refractivity contribution < 1.29 is 4.58 Å². The van der Waals surface area contributed by atoms with Gasteiger partial charge in [0.15, 0.2) is 11.7 Å². The van der Waals surface area contributed by atoms with Crippen LogP contribution in [-0.4, -0.2) is 17.1 Å². The van der Waals surface area contributed by atoms with Crippen LogP contribution in [0.3, 0.4) is 0 Å². The summed E-state index contributed by atoms with van der Waals surface area (Å²) < 4.78 is 2.11. The second kappa shape index (κ2) is 1.59. The molecule has 0 N–H and O–H groups in total. The molecule has 0 saturated heterocycles. The molecule has 11 heavy (non-hydrogen) atoms. The second-order valence-electron chi connectivity index (χ2n) is 2.84. The van der Waals surface area contributed by atoms with Crippen LogP contribution in [0.1, 0.15) is 11.6 Å². The molecule has 0 fully saturated rings. The summed E-state index contributed by atoms with van der Waals surface area (Å²) in [5, 5.41) is 0. The molecule has 2 aliphatic heterocycles. The van der Waals surface area contributed by atoms with Crippen molar-refractivity contribution in [3.05, 3.63) is 29.8 Å². The Morgan fingerprint density at radius 2 is 2.18 bits per heavy atom. The van der Waals surface area contributed by atoms with Crippen LogP contribution in [0.15, 0.2) is 29.3 Å². The van der Waals surface area contributed by atoms with Crippen LogP contribution >= 0.6 is 0 Å². The zero-order valence-electron chi connectivity index (χ0n) is 5.94. The van der Waals surface area contributed by atoms with Gasteiger partial charge in [-0.25, -0.2) is 4.58 Å². The van der Waals surface area contributed by atoms with Crippen molar-refractivity contribution in [1.82, 2.24) is 0 Å². The average molecular weight is 143 g/mol. The van der Waals surface area contributed by atoms with Crippen LogP contribution in [0.5, 0.6) is 0 Å². The number of hydrogen-bond acceptors (Lipinski definition) is 1. The predicted molar refractivity (Wildman–Crippen MR) is 43.7 cm³/mol. The van der Waals surface area contributed by atoms with Gasteiger partial charge in [0.1, 0.15) is 6.21 Å². The molecule has 0 aliphatic carbocycles. The molecule has 0 aromatic heterocycles. The molecule has 0 saturated carbocycles. The molecule has 1 aromatic rings. The highest BCUT2D eigenvalue weighted by Gasteiger charge is 2.36. The summed E-state index contributed by atoms with van der Waals surface area (Å²) in [6.07, 6.45) is 4.04. The Kier molecular flexibility index (Phi) is 0.756. The number of rotatable bonds is 0. The van der Waals surface area contributed by atoms with Crippen LogP contribution in [0, 0.1) is 0 Å². The predicted octanol–water partition coefficient (Wildman–Crippen LogP) is 1.50. The molecule has 2 aliphatic rings. The largest absolute Gasteiger partial charge is 0.287 e. The van der Waals surface area contributed by atoms with Crippen molar-refractivity contribution in [3.63, 3.8) is 0 Å². The van der Waals surface area contributed by atoms with Gasteiger partial charge >= 0.3 is 0 Å². The van der Waals surface area contributed by atoms with E-state index in [9.17, 15) is 0 Å². The smallest absolute Gasteiger partial charge is 0.222 e. The molecule has 52 valence electrons. The van der Waals surface area contributed by atoms with E-state index in [4.69, 9.17) is 0 Å². The lowest BCUT2D eigenvalue weighted by Gasteiger charge is -1.99. The number of benzene rings is 1. The summed E-state index contributed by atoms with van der Waals surface area (Å²) in [6.45, 7) is 0. The van der Waals surface area contributed by atoms with Crippen molar-refractivity contribution >= 4 is 18.2 Å². The molecule has 0 amide bonds. The minimum Gasteiger partial charge on any atom is -0.222 e. The normalized spacial score (nSPS) is 23.6. The summed E-state index contributed by atoms with van der Waals surface area (Å²) in [5.41, 5.74) is 2.44. The molecule has 3 rings (SSSR count). The van der Waals surface area contributed by atoms with E-state index in [1.165, 1.54) is 5.56 Å². The first-order valence-electron chi connectivity index (χ1n) is 3.71. The highest BCUT2D eigenvalue weighted by atomic mass is 15.2. The van der Waals surface area contributed by atoms with E-state index in [-0.39, 0.29) is 0 Å². The SMILES string of the molecule is C1=Nc2ccccc2C2C=[N+]12. The Bertz CT molecular complexity index is 377. The van der Waals surface area contributed by atoms with Gasteiger partial charge in [-0.05, 0) is 17.1 Å². The third-order valence-electron chi connectivity index (χ3n) is 2.13. The fourth-order valence-corrected chi connectivity index (χ4v) is 1.46. The Morgan fingerprint density at radius 3 is 3.18 bits per heavy atom. The van der Waals surface area contributed by atoms with Crippen molar-refractivity contribution in [2.45, 2.75) is 6.04 Å². The lowest BCUT2D eigenvalue weighted by atomic mass is 10.1. The molecular weight excluding hydrogens is 136 g/mol. The van der Waals surface area contributed by atoms with E-state index in [1.807, 2.05) is 12.4 Å². The van der Waals surface area contributed by atoms with Gasteiger partial charge < -0.3 is 0 Å². The van der Waals surface area contributed by atoms with Crippen molar-refractivity contribution in [1.29, 1.82) is 0 Å². The Hall–Kier alpha value is -1.44. The van der Waals surface area contributed by atoms with Crippen molar-refractivity contribution in [3.8, 4) is 0 Å². The molecular formula is C9H7N2+. The molecule has 0 bridgehead atoms. The first-order valence-corrected chi connectivity index (χ1v) is 3.71. The molecule has 0 radical (unpaired) electrons. The quantitative estimate of drug-likeness (QED) is 0.489. The van der Waals surface area contributed by atoms with E-state index >= 15 is 0 Å². The number of aliphatic imine (C=N–C) groups is 1. The van der Waals surface area contributed by atoms with E-state index in [1.54, 1.807) is 0 Å². The Labute approximate surface area is 64.5 Å². The summed E-state index contributed by atoms with van der Waals surface area (Å²) in [7, 11) is 0. The third kappa shape index (κ3) is 0.611. The van der Waals surface area contributed by atoms with E-state index < -0.39 is 0 Å². The van der Waals surface area contributed by atoms with Gasteiger partial charge in [-0.15, -0.1) is 0 Å². The van der Waals surface area contributed by atoms with Gasteiger partial charge in [0.05, 0.1) is 5.56 Å². The maximum Gasteiger partial charge on any atom is 0.287 e. The van der Waals surface area contributed by atoms with Crippen LogP contribution in [0.25, 0.3) is 0 Å². The third-order valence-corrected chi connectivity index (χ3v) is 2.13. The van der Waals surface area contributed by atoms with Gasteiger partial charge in [0, 0.05) is 0 Å². The maximum absolute atomic E-state index is 4.29. The standard InChI is InChI=1S/C9H7N2/c1-2-4-8-7(3-1)9-5-11(9)6-10-8/h1-6,9H/q+1. The van der Waals surface area contributed by atoms with Crippen LogP contribution in [0.2, 0.25) is 0 Å². The van der Waals surface area contributed by atoms with Gasteiger partial charge in [0.25, 0.3) is 6.34 Å². The van der Waals surface area contributed by atoms with Crippen molar-refractivity contribution in [2.75, 3.05) is 0 Å². The fraction of sp³-hybridized carbons (Fsp3) is 0.111. The molecule has 2 heteroatoms. The number of para-hydroxylation sites is 1. The van der Waals surface area contributed by atoms with E-state index in [2.05, 4.69) is 34.0 Å². The number of nitrogens with zero attached hydrogens (tertiary/aromatic N) is 2. The average Bonchev–Trinajstić information content (AvgIpc) is 2.83. The van der Waals surface area contributed by atoms with Gasteiger partial charge in [-0.3, -0.25) is 0 Å². The number of fused-ring (bicyclic) bond motifs is 3. The summed E-state index contributed by atoms with van der Waals surface area (Å²) in [4.78, 5) is 4.29. The highest BCUT2D eigenvalue weighted by molar-refractivity contribution is 5.82. The molecule has 1 atom stereocenters. The van der Waals surface area contributed by atoms with Gasteiger partial charge in [0.2, 0.25) is 0 Å². The molecule has 2 heterocycles. The Morgan fingerprint density at radius 1 is 1.27 bits per heavy atom. The molecule has 2 nitrogen and oxygen atoms in total. The summed E-state index contributed by atoms with van der Waals surface area (Å²) >= 11 is 0. The summed E-state index contributed by atoms with van der Waals surface area (Å²) in [5.74, 6) is 0. The zero-order chi connectivity index (χ0) is 7.26. The van der Waals surface area contributed by atoms with Crippen molar-refractivity contribution in [2.24, 2.45) is 4.99 Å². The lowest BCUT2D eigenvalue weighted by Crippen LogP contribution is -1.98. The lowest BCUT2D eigenvalue weighted by molar-refractivity contribution is -0.337. The minimum atomic E-state index is 0.517. The Balaban J connectivity index is 2.26. The van der Waals surface area contributed by atoms with Gasteiger partial charge in [-0.1, -0.05) is 12.1 Å². The molecule has 0 spiro atoms. The zero-order valence-corrected chi connectivity index (χ0v) is 5.94. The van der Waals surface area contributed by atoms with Crippen LogP contribution in [0.4, 0.5) is 5.69 Å². The molecule has 1 unspecified atom stereocenters. The minimum absolute atomic E-state index is 0.517. The highest BCUT2D eigenvalue weighted by Crippen LogP contribution is 2.34. The summed E-state index contributed by atoms with van der Waals surface area (Å²) in [6, 6.07) is 8.78. The topological polar surface area (TPSA) is 15.4 Å². The second-order valence-corrected chi connectivity index (χ2v) is 2.84. The van der Waals surface area contributed by atoms with Crippen LogP contribution < -0.4 is 0 Å². The van der Waals surface area contributed by atoms with E-state index in [0.29, 0.717) is 6.04 Å². The first kappa shape index (κ1) is 5.24.